The van der Waals surface area contributed by atoms with E-state index in [2.05, 4.69) is 22.2 Å². The maximum absolute atomic E-state index is 11.4. The van der Waals surface area contributed by atoms with E-state index in [1.54, 1.807) is 17.1 Å². The van der Waals surface area contributed by atoms with Crippen LogP contribution in [0.15, 0.2) is 71.8 Å². The summed E-state index contributed by atoms with van der Waals surface area (Å²) in [7, 11) is 1.89. The van der Waals surface area contributed by atoms with Crippen LogP contribution in [0.3, 0.4) is 0 Å². The van der Waals surface area contributed by atoms with Crippen LogP contribution in [-0.4, -0.2) is 14.8 Å². The Labute approximate surface area is 144 Å². The molecule has 0 amide bonds. The molecule has 25 heavy (non-hydrogen) atoms. The fourth-order valence-corrected chi connectivity index (χ4v) is 2.93. The number of nitrogens with one attached hydrogen (secondary N) is 1. The normalized spacial score (nSPS) is 10.9. The third kappa shape index (κ3) is 2.92. The average molecular weight is 331 g/mol. The Morgan fingerprint density at radius 1 is 1.08 bits per heavy atom. The van der Waals surface area contributed by atoms with Crippen LogP contribution in [0.5, 0.6) is 5.75 Å². The molecule has 0 saturated heterocycles. The fraction of sp³-hybridized carbons (Fsp3) is 0.100. The van der Waals surface area contributed by atoms with Gasteiger partial charge in [-0.25, -0.2) is 0 Å². The lowest BCUT2D eigenvalue weighted by molar-refractivity contribution is 0.296. The molecule has 0 aliphatic carbocycles. The van der Waals surface area contributed by atoms with E-state index in [0.717, 1.165) is 33.3 Å². The largest absolute Gasteiger partial charge is 0.487 e. The zero-order valence-electron chi connectivity index (χ0n) is 13.8. The number of nitrogens with zero attached hydrogens (tertiary/aromatic N) is 2. The molecule has 2 aromatic carbocycles. The van der Waals surface area contributed by atoms with E-state index < -0.39 is 0 Å². The molecule has 0 spiro atoms. The molecular formula is C20H17N3O2. The molecule has 0 unspecified atom stereocenters. The monoisotopic (exact) mass is 331 g/mol. The van der Waals surface area contributed by atoms with Crippen molar-refractivity contribution in [1.82, 2.24) is 14.8 Å². The Bertz CT molecular complexity index is 1080. The summed E-state index contributed by atoms with van der Waals surface area (Å²) in [5.74, 6) is 0.770. The predicted octanol–water partition coefficient (Wildman–Crippen LogP) is 3.51. The van der Waals surface area contributed by atoms with Crippen LogP contribution in [0.2, 0.25) is 0 Å². The number of aromatic amines is 1. The topological polar surface area (TPSA) is 59.9 Å². The van der Waals surface area contributed by atoms with Crippen LogP contribution in [0, 0.1) is 0 Å². The van der Waals surface area contributed by atoms with E-state index >= 15 is 0 Å². The van der Waals surface area contributed by atoms with Gasteiger partial charge in [-0.05, 0) is 29.0 Å². The lowest BCUT2D eigenvalue weighted by atomic mass is 9.98. The van der Waals surface area contributed by atoms with Crippen molar-refractivity contribution in [2.45, 2.75) is 6.61 Å². The third-order valence-corrected chi connectivity index (χ3v) is 4.26. The Balaban J connectivity index is 1.82. The number of ether oxygens (including phenoxy) is 1. The summed E-state index contributed by atoms with van der Waals surface area (Å²) in [5, 5.41) is 6.37. The Morgan fingerprint density at radius 2 is 1.96 bits per heavy atom. The lowest BCUT2D eigenvalue weighted by Gasteiger charge is -2.14. The summed E-state index contributed by atoms with van der Waals surface area (Å²) in [6, 6.07) is 17.4. The number of rotatable bonds is 4. The molecule has 124 valence electrons. The molecule has 0 radical (unpaired) electrons. The van der Waals surface area contributed by atoms with E-state index in [1.807, 2.05) is 43.4 Å². The third-order valence-electron chi connectivity index (χ3n) is 4.26. The van der Waals surface area contributed by atoms with Crippen molar-refractivity contribution >= 4 is 10.8 Å². The summed E-state index contributed by atoms with van der Waals surface area (Å²) < 4.78 is 7.89. The number of hydrogen-bond donors (Lipinski definition) is 1. The van der Waals surface area contributed by atoms with Gasteiger partial charge in [0.15, 0.2) is 0 Å². The van der Waals surface area contributed by atoms with Crippen molar-refractivity contribution in [3.63, 3.8) is 0 Å². The fourth-order valence-electron chi connectivity index (χ4n) is 2.93. The van der Waals surface area contributed by atoms with Gasteiger partial charge in [-0.1, -0.05) is 30.3 Å². The van der Waals surface area contributed by atoms with E-state index in [0.29, 0.717) is 6.61 Å². The second kappa shape index (κ2) is 6.28. The second-order valence-electron chi connectivity index (χ2n) is 5.84. The van der Waals surface area contributed by atoms with Gasteiger partial charge in [0.25, 0.3) is 0 Å². The summed E-state index contributed by atoms with van der Waals surface area (Å²) in [4.78, 5) is 14.2. The number of pyridine rings is 1. The minimum Gasteiger partial charge on any atom is -0.487 e. The van der Waals surface area contributed by atoms with Gasteiger partial charge in [0.1, 0.15) is 12.4 Å². The number of aryl methyl sites for hydroxylation is 1. The van der Waals surface area contributed by atoms with Crippen LogP contribution >= 0.6 is 0 Å². The quantitative estimate of drug-likeness (QED) is 0.622. The Kier molecular flexibility index (Phi) is 3.82. The number of fused-ring (bicyclic) bond motifs is 1. The first kappa shape index (κ1) is 15.2. The molecule has 0 bridgehead atoms. The molecular weight excluding hydrogens is 314 g/mol. The van der Waals surface area contributed by atoms with Crippen LogP contribution < -0.4 is 10.3 Å². The molecule has 5 heteroatoms. The van der Waals surface area contributed by atoms with Gasteiger partial charge in [0.05, 0.1) is 5.69 Å². The van der Waals surface area contributed by atoms with Crippen molar-refractivity contribution in [3.8, 4) is 16.9 Å². The van der Waals surface area contributed by atoms with Crippen LogP contribution in [0.1, 0.15) is 5.69 Å². The van der Waals surface area contributed by atoms with E-state index in [-0.39, 0.29) is 5.56 Å². The smallest absolute Gasteiger partial charge is 0.247 e. The second-order valence-corrected chi connectivity index (χ2v) is 5.84. The summed E-state index contributed by atoms with van der Waals surface area (Å²) in [5.41, 5.74) is 2.75. The number of H-pyrrole nitrogens is 1. The summed E-state index contributed by atoms with van der Waals surface area (Å²) in [6.45, 7) is 0.422. The van der Waals surface area contributed by atoms with Crippen molar-refractivity contribution in [2.75, 3.05) is 0 Å². The van der Waals surface area contributed by atoms with Crippen molar-refractivity contribution in [3.05, 3.63) is 83.0 Å². The van der Waals surface area contributed by atoms with Gasteiger partial charge < -0.3 is 9.72 Å². The standard InChI is InChI=1S/C20H17N3O2/c1-23-16(10-11-22-23)13-25-18-8-6-14-4-2-3-5-17(14)20(18)15-7-9-19(24)21-12-15/h2-12H,13H2,1H3,(H,21,24). The summed E-state index contributed by atoms with van der Waals surface area (Å²) >= 11 is 0. The van der Waals surface area contributed by atoms with Gasteiger partial charge in [-0.3, -0.25) is 9.48 Å². The summed E-state index contributed by atoms with van der Waals surface area (Å²) in [6.07, 6.45) is 3.48. The van der Waals surface area contributed by atoms with Crippen molar-refractivity contribution < 1.29 is 4.74 Å². The molecule has 1 N–H and O–H groups in total. The molecule has 5 nitrogen and oxygen atoms in total. The van der Waals surface area contributed by atoms with Gasteiger partial charge in [0.2, 0.25) is 5.56 Å². The highest BCUT2D eigenvalue weighted by Crippen LogP contribution is 2.36. The minimum atomic E-state index is -0.124. The number of benzene rings is 2. The van der Waals surface area contributed by atoms with Gasteiger partial charge in [0, 0.05) is 36.6 Å². The highest BCUT2D eigenvalue weighted by atomic mass is 16.5. The Hall–Kier alpha value is -3.34. The average Bonchev–Trinajstić information content (AvgIpc) is 3.05. The van der Waals surface area contributed by atoms with Gasteiger partial charge in [-0.15, -0.1) is 0 Å². The maximum Gasteiger partial charge on any atom is 0.247 e. The zero-order chi connectivity index (χ0) is 17.2. The first-order chi connectivity index (χ1) is 12.2. The lowest BCUT2D eigenvalue weighted by Crippen LogP contribution is -2.05. The number of aromatic nitrogens is 3. The molecule has 0 aliphatic heterocycles. The molecule has 2 aromatic heterocycles. The highest BCUT2D eigenvalue weighted by molar-refractivity contribution is 5.99. The molecule has 0 aliphatic rings. The van der Waals surface area contributed by atoms with Crippen LogP contribution in [0.4, 0.5) is 0 Å². The molecule has 0 fully saturated rings. The maximum atomic E-state index is 11.4. The molecule has 0 saturated carbocycles. The van der Waals surface area contributed by atoms with E-state index in [9.17, 15) is 4.79 Å². The SMILES string of the molecule is Cn1nccc1COc1ccc2ccccc2c1-c1ccc(=O)[nH]c1. The first-order valence-electron chi connectivity index (χ1n) is 8.03. The highest BCUT2D eigenvalue weighted by Gasteiger charge is 2.12. The van der Waals surface area contributed by atoms with E-state index in [1.165, 1.54) is 6.07 Å². The van der Waals surface area contributed by atoms with Crippen molar-refractivity contribution in [2.24, 2.45) is 7.05 Å². The Morgan fingerprint density at radius 3 is 2.72 bits per heavy atom. The van der Waals surface area contributed by atoms with E-state index in [4.69, 9.17) is 4.74 Å². The van der Waals surface area contributed by atoms with Gasteiger partial charge in [-0.2, -0.15) is 5.10 Å². The number of hydrogen-bond acceptors (Lipinski definition) is 3. The van der Waals surface area contributed by atoms with Crippen LogP contribution in [0.25, 0.3) is 21.9 Å². The zero-order valence-corrected chi connectivity index (χ0v) is 13.8. The molecule has 2 heterocycles. The molecule has 0 atom stereocenters. The molecule has 4 rings (SSSR count). The van der Waals surface area contributed by atoms with Gasteiger partial charge >= 0.3 is 0 Å². The molecule has 4 aromatic rings. The van der Waals surface area contributed by atoms with Crippen molar-refractivity contribution in [1.29, 1.82) is 0 Å². The first-order valence-corrected chi connectivity index (χ1v) is 8.03. The minimum absolute atomic E-state index is 0.124. The van der Waals surface area contributed by atoms with Crippen LogP contribution in [-0.2, 0) is 13.7 Å². The predicted molar refractivity (Wildman–Crippen MR) is 97.5 cm³/mol.